The molecule has 1 aromatic rings. The van der Waals surface area contributed by atoms with Crippen LogP contribution in [0, 0.1) is 12.8 Å². The number of aromatic nitrogens is 2. The molecule has 0 aliphatic carbocycles. The third-order valence-corrected chi connectivity index (χ3v) is 4.58. The highest BCUT2D eigenvalue weighted by molar-refractivity contribution is 4.96. The molecule has 6 heteroatoms. The highest BCUT2D eigenvalue weighted by Gasteiger charge is 2.31. The van der Waals surface area contributed by atoms with E-state index in [0.717, 1.165) is 38.5 Å². The van der Waals surface area contributed by atoms with Gasteiger partial charge in [-0.2, -0.15) is 4.98 Å². The molecule has 21 heavy (non-hydrogen) atoms. The number of piperazine rings is 1. The molecule has 3 atom stereocenters. The van der Waals surface area contributed by atoms with Gasteiger partial charge in [0.1, 0.15) is 6.04 Å². The van der Waals surface area contributed by atoms with Crippen molar-refractivity contribution >= 4 is 0 Å². The van der Waals surface area contributed by atoms with Crippen LogP contribution in [0.3, 0.4) is 0 Å². The summed E-state index contributed by atoms with van der Waals surface area (Å²) in [5.74, 6) is 1.99. The molecular formula is C15H28N4O2. The van der Waals surface area contributed by atoms with Crippen molar-refractivity contribution in [2.45, 2.75) is 39.3 Å². The molecule has 1 saturated heterocycles. The van der Waals surface area contributed by atoms with Gasteiger partial charge in [-0.15, -0.1) is 0 Å². The summed E-state index contributed by atoms with van der Waals surface area (Å²) in [6.07, 6.45) is 1.42. The van der Waals surface area contributed by atoms with Gasteiger partial charge in [-0.25, -0.2) is 0 Å². The predicted octanol–water partition coefficient (Wildman–Crippen LogP) is 1.73. The van der Waals surface area contributed by atoms with Crippen LogP contribution in [0.15, 0.2) is 4.52 Å². The number of nitrogens with zero attached hydrogens (tertiary/aromatic N) is 4. The number of hydrogen-bond acceptors (Lipinski definition) is 6. The minimum absolute atomic E-state index is 0.175. The van der Waals surface area contributed by atoms with Crippen LogP contribution in [0.5, 0.6) is 0 Å². The lowest BCUT2D eigenvalue weighted by atomic mass is 10.0. The van der Waals surface area contributed by atoms with E-state index in [1.165, 1.54) is 0 Å². The molecular weight excluding hydrogens is 268 g/mol. The van der Waals surface area contributed by atoms with Crippen LogP contribution in [0.4, 0.5) is 0 Å². The second-order valence-electron chi connectivity index (χ2n) is 6.10. The Bertz CT molecular complexity index is 437. The van der Waals surface area contributed by atoms with Crippen molar-refractivity contribution < 1.29 is 9.26 Å². The summed E-state index contributed by atoms with van der Waals surface area (Å²) in [6.45, 7) is 10.3. The van der Waals surface area contributed by atoms with Crippen molar-refractivity contribution in [3.63, 3.8) is 0 Å². The maximum absolute atomic E-state index is 5.67. The molecule has 6 nitrogen and oxygen atoms in total. The van der Waals surface area contributed by atoms with Crippen molar-refractivity contribution in [3.8, 4) is 0 Å². The Morgan fingerprint density at radius 2 is 2.19 bits per heavy atom. The van der Waals surface area contributed by atoms with Crippen molar-refractivity contribution in [2.75, 3.05) is 40.3 Å². The zero-order valence-electron chi connectivity index (χ0n) is 13.9. The van der Waals surface area contributed by atoms with E-state index in [2.05, 4.69) is 40.8 Å². The topological polar surface area (TPSA) is 54.6 Å². The zero-order valence-corrected chi connectivity index (χ0v) is 13.9. The fourth-order valence-electron chi connectivity index (χ4n) is 2.82. The predicted molar refractivity (Wildman–Crippen MR) is 81.1 cm³/mol. The highest BCUT2D eigenvalue weighted by atomic mass is 16.5. The first-order valence-corrected chi connectivity index (χ1v) is 7.80. The molecule has 1 fully saturated rings. The number of ether oxygens (including phenoxy) is 1. The zero-order chi connectivity index (χ0) is 15.4. The fraction of sp³-hybridized carbons (Fsp3) is 0.867. The van der Waals surface area contributed by atoms with Crippen LogP contribution in [-0.2, 0) is 4.74 Å². The minimum atomic E-state index is 0.175. The largest absolute Gasteiger partial charge is 0.380 e. The highest BCUT2D eigenvalue weighted by Crippen LogP contribution is 2.23. The molecule has 2 heterocycles. The Hall–Kier alpha value is -0.980. The van der Waals surface area contributed by atoms with Crippen LogP contribution >= 0.6 is 0 Å². The van der Waals surface area contributed by atoms with Crippen LogP contribution in [0.2, 0.25) is 0 Å². The molecule has 120 valence electrons. The van der Waals surface area contributed by atoms with E-state index in [1.807, 2.05) is 14.0 Å². The third kappa shape index (κ3) is 4.02. The molecule has 0 aromatic carbocycles. The average Bonchev–Trinajstić information content (AvgIpc) is 2.91. The molecule has 0 amide bonds. The van der Waals surface area contributed by atoms with Gasteiger partial charge in [0.2, 0.25) is 5.89 Å². The van der Waals surface area contributed by atoms with Crippen LogP contribution in [-0.4, -0.2) is 66.4 Å². The van der Waals surface area contributed by atoms with Gasteiger partial charge in [0, 0.05) is 33.3 Å². The second-order valence-corrected chi connectivity index (χ2v) is 6.10. The summed E-state index contributed by atoms with van der Waals surface area (Å²) in [5.41, 5.74) is 0. The Morgan fingerprint density at radius 1 is 1.43 bits per heavy atom. The maximum atomic E-state index is 5.67. The minimum Gasteiger partial charge on any atom is -0.380 e. The molecule has 0 unspecified atom stereocenters. The van der Waals surface area contributed by atoms with Crippen molar-refractivity contribution in [1.82, 2.24) is 19.9 Å². The molecule has 2 rings (SSSR count). The lowest BCUT2D eigenvalue weighted by molar-refractivity contribution is -0.00139. The van der Waals surface area contributed by atoms with E-state index in [0.29, 0.717) is 11.7 Å². The first-order valence-electron chi connectivity index (χ1n) is 7.80. The van der Waals surface area contributed by atoms with E-state index in [1.54, 1.807) is 0 Å². The van der Waals surface area contributed by atoms with E-state index >= 15 is 0 Å². The van der Waals surface area contributed by atoms with Gasteiger partial charge in [-0.1, -0.05) is 25.4 Å². The van der Waals surface area contributed by atoms with E-state index in [9.17, 15) is 0 Å². The van der Waals surface area contributed by atoms with Gasteiger partial charge in [-0.3, -0.25) is 9.80 Å². The molecule has 0 bridgehead atoms. The molecule has 0 radical (unpaired) electrons. The lowest BCUT2D eigenvalue weighted by Gasteiger charge is -2.39. The first kappa shape index (κ1) is 16.4. The lowest BCUT2D eigenvalue weighted by Crippen LogP contribution is -2.49. The molecule has 1 aliphatic heterocycles. The Morgan fingerprint density at radius 3 is 2.76 bits per heavy atom. The van der Waals surface area contributed by atoms with Gasteiger partial charge >= 0.3 is 0 Å². The number of likely N-dealkylation sites (N-methyl/N-ethyl adjacent to an activating group) is 1. The summed E-state index contributed by atoms with van der Waals surface area (Å²) >= 11 is 0. The van der Waals surface area contributed by atoms with Crippen LogP contribution < -0.4 is 0 Å². The monoisotopic (exact) mass is 296 g/mol. The van der Waals surface area contributed by atoms with Crippen molar-refractivity contribution in [2.24, 2.45) is 5.92 Å². The van der Waals surface area contributed by atoms with Crippen LogP contribution in [0.25, 0.3) is 0 Å². The number of aryl methyl sites for hydroxylation is 1. The summed E-state index contributed by atoms with van der Waals surface area (Å²) in [6, 6.07) is 0.175. The number of hydrogen-bond donors (Lipinski definition) is 0. The smallest absolute Gasteiger partial charge is 0.245 e. The quantitative estimate of drug-likeness (QED) is 0.797. The summed E-state index contributed by atoms with van der Waals surface area (Å²) in [4.78, 5) is 9.13. The first-order chi connectivity index (χ1) is 10.0. The Labute approximate surface area is 127 Å². The van der Waals surface area contributed by atoms with Crippen molar-refractivity contribution in [1.29, 1.82) is 0 Å². The SMILES string of the molecule is CC[C@H](C)[C@H](CN1CCN(C)[C@@H](c2nc(C)no2)C1)OC. The van der Waals surface area contributed by atoms with E-state index < -0.39 is 0 Å². The molecule has 1 aliphatic rings. The fourth-order valence-corrected chi connectivity index (χ4v) is 2.82. The Kier molecular flexibility index (Phi) is 5.72. The van der Waals surface area contributed by atoms with Gasteiger partial charge < -0.3 is 9.26 Å². The summed E-state index contributed by atoms with van der Waals surface area (Å²) in [7, 11) is 3.93. The van der Waals surface area contributed by atoms with Gasteiger partial charge in [0.25, 0.3) is 0 Å². The molecule has 1 aromatic heterocycles. The van der Waals surface area contributed by atoms with Gasteiger partial charge in [0.15, 0.2) is 5.82 Å². The van der Waals surface area contributed by atoms with Gasteiger partial charge in [0.05, 0.1) is 6.10 Å². The normalized spacial score (nSPS) is 24.1. The maximum Gasteiger partial charge on any atom is 0.245 e. The molecule has 0 saturated carbocycles. The standard InChI is InChI=1S/C15H28N4O2/c1-6-11(2)14(20-5)10-19-8-7-18(4)13(9-19)15-16-12(3)17-21-15/h11,13-14H,6-10H2,1-5H3/t11-,13+,14-/m0/s1. The van der Waals surface area contributed by atoms with E-state index in [4.69, 9.17) is 9.26 Å². The number of methoxy groups -OCH3 is 1. The summed E-state index contributed by atoms with van der Waals surface area (Å²) in [5, 5.41) is 3.91. The van der Waals surface area contributed by atoms with Crippen molar-refractivity contribution in [3.05, 3.63) is 11.7 Å². The summed E-state index contributed by atoms with van der Waals surface area (Å²) < 4.78 is 11.0. The van der Waals surface area contributed by atoms with Crippen LogP contribution in [0.1, 0.15) is 38.0 Å². The average molecular weight is 296 g/mol. The third-order valence-electron chi connectivity index (χ3n) is 4.58. The molecule has 0 N–H and O–H groups in total. The Balaban J connectivity index is 2.00. The number of rotatable bonds is 6. The molecule has 0 spiro atoms. The van der Waals surface area contributed by atoms with Gasteiger partial charge in [-0.05, 0) is 19.9 Å². The second kappa shape index (κ2) is 7.33. The van der Waals surface area contributed by atoms with E-state index in [-0.39, 0.29) is 12.1 Å².